The lowest BCUT2D eigenvalue weighted by Gasteiger charge is -1.95. The number of rotatable bonds is 1. The summed E-state index contributed by atoms with van der Waals surface area (Å²) in [5, 5.41) is 1.10. The maximum atomic E-state index is 5.57. The molecule has 0 aliphatic carbocycles. The van der Waals surface area contributed by atoms with Crippen molar-refractivity contribution in [3.63, 3.8) is 0 Å². The topological polar surface area (TPSA) is 39.2 Å². The average molecular weight is 240 g/mol. The summed E-state index contributed by atoms with van der Waals surface area (Å²) < 4.78 is 6.63. The van der Waals surface area contributed by atoms with Crippen LogP contribution in [0.1, 0.15) is 11.3 Å². The Kier molecular flexibility index (Phi) is 2.14. The zero-order valence-electron chi connectivity index (χ0n) is 7.30. The largest absolute Gasteiger partial charge is 0.459 e. The second-order valence-corrected chi connectivity index (χ2v) is 3.88. The average Bonchev–Trinajstić information content (AvgIpc) is 2.56. The molecule has 0 aliphatic heterocycles. The minimum Gasteiger partial charge on any atom is -0.459 e. The number of aryl methyl sites for hydroxylation is 1. The molecule has 2 aromatic rings. The van der Waals surface area contributed by atoms with E-state index in [2.05, 4.69) is 15.9 Å². The van der Waals surface area contributed by atoms with E-state index in [1.807, 2.05) is 25.1 Å². The first-order chi connectivity index (χ1) is 6.22. The summed E-state index contributed by atoms with van der Waals surface area (Å²) in [6.45, 7) is 2.47. The van der Waals surface area contributed by atoms with Gasteiger partial charge in [-0.15, -0.1) is 0 Å². The molecule has 2 rings (SSSR count). The SMILES string of the molecule is Cc1ccc(Br)c2cc(CN)oc12. The maximum absolute atomic E-state index is 5.57. The predicted octanol–water partition coefficient (Wildman–Crippen LogP) is 2.96. The molecule has 0 spiro atoms. The monoisotopic (exact) mass is 239 g/mol. The van der Waals surface area contributed by atoms with Crippen molar-refractivity contribution in [1.82, 2.24) is 0 Å². The normalized spacial score (nSPS) is 11.0. The Balaban J connectivity index is 2.80. The molecule has 0 saturated heterocycles. The van der Waals surface area contributed by atoms with Gasteiger partial charge in [-0.25, -0.2) is 0 Å². The molecule has 0 radical (unpaired) electrons. The number of hydrogen-bond donors (Lipinski definition) is 1. The molecule has 2 nitrogen and oxygen atoms in total. The van der Waals surface area contributed by atoms with Crippen LogP contribution in [0.3, 0.4) is 0 Å². The lowest BCUT2D eigenvalue weighted by molar-refractivity contribution is 0.550. The molecular weight excluding hydrogens is 230 g/mol. The summed E-state index contributed by atoms with van der Waals surface area (Å²) in [4.78, 5) is 0. The first-order valence-electron chi connectivity index (χ1n) is 4.10. The lowest BCUT2D eigenvalue weighted by atomic mass is 10.2. The van der Waals surface area contributed by atoms with Crippen LogP contribution in [0.25, 0.3) is 11.0 Å². The van der Waals surface area contributed by atoms with E-state index in [4.69, 9.17) is 10.2 Å². The summed E-state index contributed by atoms with van der Waals surface area (Å²) in [5.74, 6) is 0.824. The van der Waals surface area contributed by atoms with Crippen molar-refractivity contribution in [1.29, 1.82) is 0 Å². The highest BCUT2D eigenvalue weighted by atomic mass is 79.9. The Morgan fingerprint density at radius 1 is 1.46 bits per heavy atom. The third-order valence-corrected chi connectivity index (χ3v) is 2.77. The Morgan fingerprint density at radius 2 is 2.23 bits per heavy atom. The fraction of sp³-hybridized carbons (Fsp3) is 0.200. The van der Waals surface area contributed by atoms with Gasteiger partial charge < -0.3 is 10.2 Å². The van der Waals surface area contributed by atoms with Crippen LogP contribution in [0.15, 0.2) is 27.1 Å². The van der Waals surface area contributed by atoms with Gasteiger partial charge in [0.2, 0.25) is 0 Å². The summed E-state index contributed by atoms with van der Waals surface area (Å²) >= 11 is 3.47. The molecule has 0 unspecified atom stereocenters. The van der Waals surface area contributed by atoms with E-state index in [1.165, 1.54) is 0 Å². The smallest absolute Gasteiger partial charge is 0.138 e. The molecule has 68 valence electrons. The van der Waals surface area contributed by atoms with Gasteiger partial charge >= 0.3 is 0 Å². The van der Waals surface area contributed by atoms with E-state index in [-0.39, 0.29) is 0 Å². The van der Waals surface area contributed by atoms with Crippen molar-refractivity contribution in [2.45, 2.75) is 13.5 Å². The van der Waals surface area contributed by atoms with Crippen LogP contribution in [-0.2, 0) is 6.54 Å². The lowest BCUT2D eigenvalue weighted by Crippen LogP contribution is -1.92. The molecule has 0 bridgehead atoms. The summed E-state index contributed by atoms with van der Waals surface area (Å²) in [6, 6.07) is 6.02. The summed E-state index contributed by atoms with van der Waals surface area (Å²) in [5.41, 5.74) is 7.57. The highest BCUT2D eigenvalue weighted by Gasteiger charge is 2.07. The Bertz CT molecular complexity index is 408. The number of nitrogens with two attached hydrogens (primary N) is 1. The fourth-order valence-corrected chi connectivity index (χ4v) is 1.80. The van der Waals surface area contributed by atoms with Gasteiger partial charge in [0.25, 0.3) is 0 Å². The third kappa shape index (κ3) is 1.38. The van der Waals surface area contributed by atoms with E-state index in [0.29, 0.717) is 6.54 Å². The Morgan fingerprint density at radius 3 is 2.85 bits per heavy atom. The molecule has 0 atom stereocenters. The number of furan rings is 1. The molecule has 1 heterocycles. The highest BCUT2D eigenvalue weighted by Crippen LogP contribution is 2.29. The number of benzene rings is 1. The van der Waals surface area contributed by atoms with Crippen LogP contribution in [0, 0.1) is 6.92 Å². The zero-order chi connectivity index (χ0) is 9.42. The second kappa shape index (κ2) is 3.16. The van der Waals surface area contributed by atoms with Crippen LogP contribution < -0.4 is 5.73 Å². The van der Waals surface area contributed by atoms with Gasteiger partial charge in [-0.3, -0.25) is 0 Å². The molecular formula is C10H10BrNO. The summed E-state index contributed by atoms with van der Waals surface area (Å²) in [6.07, 6.45) is 0. The standard InChI is InChI=1S/C10H10BrNO/c1-6-2-3-9(11)8-4-7(5-12)13-10(6)8/h2-4H,5,12H2,1H3. The molecule has 1 aromatic heterocycles. The molecule has 0 fully saturated rings. The molecule has 1 aromatic carbocycles. The van der Waals surface area contributed by atoms with E-state index in [0.717, 1.165) is 26.8 Å². The third-order valence-electron chi connectivity index (χ3n) is 2.08. The molecule has 0 aliphatic rings. The number of halogens is 1. The summed E-state index contributed by atoms with van der Waals surface area (Å²) in [7, 11) is 0. The van der Waals surface area contributed by atoms with Gasteiger partial charge in [-0.05, 0) is 24.6 Å². The Hall–Kier alpha value is -0.800. The van der Waals surface area contributed by atoms with Gasteiger partial charge in [0.05, 0.1) is 6.54 Å². The van der Waals surface area contributed by atoms with Crippen LogP contribution >= 0.6 is 15.9 Å². The molecule has 0 amide bonds. The van der Waals surface area contributed by atoms with E-state index >= 15 is 0 Å². The van der Waals surface area contributed by atoms with Crippen molar-refractivity contribution < 1.29 is 4.42 Å². The molecule has 3 heteroatoms. The van der Waals surface area contributed by atoms with Crippen molar-refractivity contribution in [3.05, 3.63) is 34.0 Å². The molecule has 2 N–H and O–H groups in total. The van der Waals surface area contributed by atoms with Gasteiger partial charge in [0.15, 0.2) is 0 Å². The van der Waals surface area contributed by atoms with Crippen molar-refractivity contribution in [2.24, 2.45) is 5.73 Å². The fourth-order valence-electron chi connectivity index (χ4n) is 1.38. The first-order valence-corrected chi connectivity index (χ1v) is 4.89. The van der Waals surface area contributed by atoms with Crippen LogP contribution in [0.5, 0.6) is 0 Å². The predicted molar refractivity (Wildman–Crippen MR) is 56.5 cm³/mol. The van der Waals surface area contributed by atoms with Gasteiger partial charge in [0, 0.05) is 9.86 Å². The first kappa shape index (κ1) is 8.78. The molecule has 13 heavy (non-hydrogen) atoms. The molecule has 0 saturated carbocycles. The zero-order valence-corrected chi connectivity index (χ0v) is 8.89. The Labute approximate surface area is 84.8 Å². The van der Waals surface area contributed by atoms with E-state index < -0.39 is 0 Å². The van der Waals surface area contributed by atoms with Crippen LogP contribution in [-0.4, -0.2) is 0 Å². The number of fused-ring (bicyclic) bond motifs is 1. The number of hydrogen-bond acceptors (Lipinski definition) is 2. The quantitative estimate of drug-likeness (QED) is 0.832. The van der Waals surface area contributed by atoms with Crippen LogP contribution in [0.2, 0.25) is 0 Å². The van der Waals surface area contributed by atoms with E-state index in [1.54, 1.807) is 0 Å². The minimum absolute atomic E-state index is 0.445. The second-order valence-electron chi connectivity index (χ2n) is 3.02. The van der Waals surface area contributed by atoms with E-state index in [9.17, 15) is 0 Å². The van der Waals surface area contributed by atoms with Crippen LogP contribution in [0.4, 0.5) is 0 Å². The maximum Gasteiger partial charge on any atom is 0.138 e. The minimum atomic E-state index is 0.445. The van der Waals surface area contributed by atoms with Crippen molar-refractivity contribution in [3.8, 4) is 0 Å². The van der Waals surface area contributed by atoms with Gasteiger partial charge in [-0.2, -0.15) is 0 Å². The van der Waals surface area contributed by atoms with Gasteiger partial charge in [0.1, 0.15) is 11.3 Å². The highest BCUT2D eigenvalue weighted by molar-refractivity contribution is 9.10. The van der Waals surface area contributed by atoms with Crippen molar-refractivity contribution in [2.75, 3.05) is 0 Å². The van der Waals surface area contributed by atoms with Gasteiger partial charge in [-0.1, -0.05) is 22.0 Å². The van der Waals surface area contributed by atoms with Crippen molar-refractivity contribution >= 4 is 26.9 Å².